The van der Waals surface area contributed by atoms with Crippen molar-refractivity contribution in [1.82, 2.24) is 19.9 Å². The van der Waals surface area contributed by atoms with Crippen LogP contribution in [0.3, 0.4) is 0 Å². The van der Waals surface area contributed by atoms with E-state index < -0.39 is 15.5 Å². The highest BCUT2D eigenvalue weighted by Gasteiger charge is 2.17. The van der Waals surface area contributed by atoms with Crippen molar-refractivity contribution >= 4 is 38.8 Å². The SMILES string of the molecule is Cc1cc(Nc2ncc(C#N)c(Nc3ccc(F)c(N=S(C)(C)=O)n3)n2)cc2c1CCN(C)C2. The van der Waals surface area contributed by atoms with E-state index in [0.717, 1.165) is 25.2 Å². The maximum atomic E-state index is 14.1. The Morgan fingerprint density at radius 1 is 1.24 bits per heavy atom. The van der Waals surface area contributed by atoms with Crippen molar-refractivity contribution in [1.29, 1.82) is 5.26 Å². The Morgan fingerprint density at radius 3 is 2.76 bits per heavy atom. The van der Waals surface area contributed by atoms with Crippen LogP contribution in [0, 0.1) is 24.1 Å². The fraction of sp³-hybridized carbons (Fsp3) is 0.304. The molecule has 0 spiro atoms. The van der Waals surface area contributed by atoms with E-state index in [9.17, 15) is 13.9 Å². The van der Waals surface area contributed by atoms with Gasteiger partial charge in [0, 0.05) is 41.0 Å². The Balaban J connectivity index is 1.63. The highest BCUT2D eigenvalue weighted by atomic mass is 32.2. The van der Waals surface area contributed by atoms with Crippen LogP contribution in [0.4, 0.5) is 33.5 Å². The van der Waals surface area contributed by atoms with E-state index in [2.05, 4.69) is 61.0 Å². The number of aromatic nitrogens is 3. The van der Waals surface area contributed by atoms with Crippen LogP contribution in [0.2, 0.25) is 0 Å². The predicted molar refractivity (Wildman–Crippen MR) is 131 cm³/mol. The van der Waals surface area contributed by atoms with Gasteiger partial charge in [0.2, 0.25) is 5.95 Å². The molecular formula is C23H25FN8OS. The fourth-order valence-corrected chi connectivity index (χ4v) is 4.32. The minimum Gasteiger partial charge on any atom is -0.324 e. The molecular weight excluding hydrogens is 455 g/mol. The van der Waals surface area contributed by atoms with Gasteiger partial charge in [-0.1, -0.05) is 0 Å². The lowest BCUT2D eigenvalue weighted by Gasteiger charge is -2.27. The first-order chi connectivity index (χ1) is 16.1. The Morgan fingerprint density at radius 2 is 2.03 bits per heavy atom. The summed E-state index contributed by atoms with van der Waals surface area (Å²) in [5.74, 6) is -0.269. The van der Waals surface area contributed by atoms with Crippen molar-refractivity contribution in [3.63, 3.8) is 0 Å². The molecule has 0 unspecified atom stereocenters. The summed E-state index contributed by atoms with van der Waals surface area (Å²) in [5.41, 5.74) is 4.88. The van der Waals surface area contributed by atoms with E-state index >= 15 is 0 Å². The molecule has 2 N–H and O–H groups in total. The molecule has 3 aromatic rings. The molecule has 2 aromatic heterocycles. The van der Waals surface area contributed by atoms with Gasteiger partial charge < -0.3 is 15.5 Å². The van der Waals surface area contributed by atoms with Crippen LogP contribution in [-0.2, 0) is 22.7 Å². The maximum absolute atomic E-state index is 14.1. The van der Waals surface area contributed by atoms with E-state index in [4.69, 9.17) is 0 Å². The molecule has 0 bridgehead atoms. The zero-order valence-electron chi connectivity index (χ0n) is 19.4. The summed E-state index contributed by atoms with van der Waals surface area (Å²) in [6.07, 6.45) is 5.20. The van der Waals surface area contributed by atoms with Crippen molar-refractivity contribution in [2.24, 2.45) is 4.36 Å². The first-order valence-electron chi connectivity index (χ1n) is 10.6. The molecule has 1 aromatic carbocycles. The molecule has 1 aliphatic heterocycles. The van der Waals surface area contributed by atoms with Gasteiger partial charge in [-0.3, -0.25) is 0 Å². The molecule has 0 aliphatic carbocycles. The second kappa shape index (κ2) is 9.32. The third kappa shape index (κ3) is 5.47. The standard InChI is InChI=1S/C23H25FN8OS/c1-14-9-17(10-15-13-32(2)8-7-18(14)15)27-23-26-12-16(11-25)21(30-23)28-20-6-5-19(24)22(29-20)31-34(3,4)33/h5-6,9-10,12H,7-8,13H2,1-4H3,(H2,26,27,28,29,30). The number of hydrogen-bond donors (Lipinski definition) is 2. The number of benzene rings is 1. The van der Waals surface area contributed by atoms with Gasteiger partial charge in [0.05, 0.1) is 6.20 Å². The minimum atomic E-state index is -2.60. The number of rotatable bonds is 5. The molecule has 34 heavy (non-hydrogen) atoms. The van der Waals surface area contributed by atoms with E-state index in [0.29, 0.717) is 5.95 Å². The van der Waals surface area contributed by atoms with Gasteiger partial charge in [0.15, 0.2) is 17.5 Å². The zero-order chi connectivity index (χ0) is 24.5. The van der Waals surface area contributed by atoms with Crippen molar-refractivity contribution in [3.05, 3.63) is 58.5 Å². The van der Waals surface area contributed by atoms with E-state index in [-0.39, 0.29) is 23.0 Å². The van der Waals surface area contributed by atoms with Crippen molar-refractivity contribution in [2.75, 3.05) is 36.7 Å². The van der Waals surface area contributed by atoms with E-state index in [1.165, 1.54) is 47.5 Å². The monoisotopic (exact) mass is 480 g/mol. The van der Waals surface area contributed by atoms with Crippen LogP contribution < -0.4 is 10.6 Å². The summed E-state index contributed by atoms with van der Waals surface area (Å²) in [6, 6.07) is 8.74. The van der Waals surface area contributed by atoms with Gasteiger partial charge in [-0.15, -0.1) is 0 Å². The Bertz CT molecular complexity index is 1420. The highest BCUT2D eigenvalue weighted by molar-refractivity contribution is 7.92. The Hall–Kier alpha value is -3.62. The van der Waals surface area contributed by atoms with Gasteiger partial charge in [0.25, 0.3) is 0 Å². The molecule has 3 heterocycles. The minimum absolute atomic E-state index is 0.188. The summed E-state index contributed by atoms with van der Waals surface area (Å²) in [5, 5.41) is 15.6. The number of aryl methyl sites for hydroxylation is 1. The topological polar surface area (TPSA) is 119 Å². The number of anilines is 4. The summed E-state index contributed by atoms with van der Waals surface area (Å²) in [7, 11) is -0.505. The van der Waals surface area contributed by atoms with Gasteiger partial charge >= 0.3 is 0 Å². The van der Waals surface area contributed by atoms with Crippen LogP contribution >= 0.6 is 0 Å². The van der Waals surface area contributed by atoms with Crippen LogP contribution in [0.25, 0.3) is 0 Å². The molecule has 1 aliphatic rings. The number of nitrogens with zero attached hydrogens (tertiary/aromatic N) is 6. The molecule has 0 radical (unpaired) electrons. The molecule has 0 fully saturated rings. The van der Waals surface area contributed by atoms with Gasteiger partial charge in [-0.05, 0) is 61.3 Å². The summed E-state index contributed by atoms with van der Waals surface area (Å²) >= 11 is 0. The molecule has 0 amide bonds. The van der Waals surface area contributed by atoms with Crippen LogP contribution in [0.15, 0.2) is 34.8 Å². The van der Waals surface area contributed by atoms with Crippen LogP contribution in [0.1, 0.15) is 22.3 Å². The lowest BCUT2D eigenvalue weighted by molar-refractivity contribution is 0.312. The first kappa shape index (κ1) is 23.5. The van der Waals surface area contributed by atoms with E-state index in [1.807, 2.05) is 6.07 Å². The second-order valence-electron chi connectivity index (χ2n) is 8.51. The molecule has 0 saturated carbocycles. The molecule has 0 atom stereocenters. The maximum Gasteiger partial charge on any atom is 0.229 e. The van der Waals surface area contributed by atoms with Crippen molar-refractivity contribution in [2.45, 2.75) is 19.9 Å². The van der Waals surface area contributed by atoms with E-state index in [1.54, 1.807) is 0 Å². The quantitative estimate of drug-likeness (QED) is 0.562. The number of likely N-dealkylation sites (N-methyl/N-ethyl adjacent to an activating group) is 1. The van der Waals surface area contributed by atoms with Gasteiger partial charge in [-0.25, -0.2) is 18.6 Å². The lowest BCUT2D eigenvalue weighted by atomic mass is 9.94. The Labute approximate surface area is 198 Å². The third-order valence-corrected chi connectivity index (χ3v) is 5.91. The Kier molecular flexibility index (Phi) is 6.45. The number of pyridine rings is 1. The van der Waals surface area contributed by atoms with Crippen molar-refractivity contribution in [3.8, 4) is 6.07 Å². The zero-order valence-corrected chi connectivity index (χ0v) is 20.2. The predicted octanol–water partition coefficient (Wildman–Crippen LogP) is 4.03. The third-order valence-electron chi connectivity index (χ3n) is 5.29. The fourth-order valence-electron chi connectivity index (χ4n) is 3.78. The smallest absolute Gasteiger partial charge is 0.229 e. The second-order valence-corrected chi connectivity index (χ2v) is 11.1. The molecule has 9 nitrogen and oxygen atoms in total. The highest BCUT2D eigenvalue weighted by Crippen LogP contribution is 2.28. The van der Waals surface area contributed by atoms with Gasteiger partial charge in [-0.2, -0.15) is 14.6 Å². The number of halogens is 1. The average molecular weight is 481 g/mol. The van der Waals surface area contributed by atoms with Crippen molar-refractivity contribution < 1.29 is 8.60 Å². The normalized spacial score (nSPS) is 13.6. The summed E-state index contributed by atoms with van der Waals surface area (Å²) in [6.45, 7) is 4.00. The summed E-state index contributed by atoms with van der Waals surface area (Å²) < 4.78 is 29.9. The first-order valence-corrected chi connectivity index (χ1v) is 12.9. The number of hydrogen-bond acceptors (Lipinski definition) is 9. The molecule has 11 heteroatoms. The summed E-state index contributed by atoms with van der Waals surface area (Å²) in [4.78, 5) is 15.0. The van der Waals surface area contributed by atoms with Crippen LogP contribution in [-0.4, -0.2) is 50.2 Å². The molecule has 4 rings (SSSR count). The number of nitriles is 1. The number of fused-ring (bicyclic) bond motifs is 1. The van der Waals surface area contributed by atoms with Crippen LogP contribution in [0.5, 0.6) is 0 Å². The average Bonchev–Trinajstić information content (AvgIpc) is 2.75. The molecule has 176 valence electrons. The number of nitrogens with one attached hydrogen (secondary N) is 2. The lowest BCUT2D eigenvalue weighted by Crippen LogP contribution is -2.27. The van der Waals surface area contributed by atoms with Gasteiger partial charge in [0.1, 0.15) is 17.5 Å². The largest absolute Gasteiger partial charge is 0.324 e. The molecule has 0 saturated heterocycles.